The lowest BCUT2D eigenvalue weighted by Gasteiger charge is -2.64. The fourth-order valence-electron chi connectivity index (χ4n) is 9.24. The minimum Gasteiger partial charge on any atom is -0.396 e. The average Bonchev–Trinajstić information content (AvgIpc) is 3.36. The molecule has 4 heteroatoms. The molecule has 5 rings (SSSR count). The summed E-state index contributed by atoms with van der Waals surface area (Å²) >= 11 is 0. The molecular formula is C26H43NO3. The maximum absolute atomic E-state index is 12.7. The minimum atomic E-state index is -0.439. The summed E-state index contributed by atoms with van der Waals surface area (Å²) in [4.78, 5) is 12.7. The van der Waals surface area contributed by atoms with Crippen LogP contribution in [0.3, 0.4) is 0 Å². The average molecular weight is 418 g/mol. The Balaban J connectivity index is 1.36. The summed E-state index contributed by atoms with van der Waals surface area (Å²) in [5, 5.41) is 25.5. The van der Waals surface area contributed by atoms with Crippen LogP contribution < -0.4 is 5.32 Å². The van der Waals surface area contributed by atoms with Crippen LogP contribution in [0.1, 0.15) is 78.1 Å². The van der Waals surface area contributed by atoms with Crippen molar-refractivity contribution in [2.45, 2.75) is 84.2 Å². The molecule has 1 saturated heterocycles. The maximum Gasteiger partial charge on any atom is 0.139 e. The van der Waals surface area contributed by atoms with E-state index in [1.54, 1.807) is 0 Å². The first kappa shape index (κ1) is 21.4. The highest BCUT2D eigenvalue weighted by atomic mass is 16.3. The Morgan fingerprint density at radius 2 is 1.80 bits per heavy atom. The molecule has 170 valence electrons. The number of fused-ring (bicyclic) bond motifs is 5. The summed E-state index contributed by atoms with van der Waals surface area (Å²) in [6.45, 7) is 7.13. The number of aliphatic hydroxyl groups excluding tert-OH is 2. The van der Waals surface area contributed by atoms with Crippen LogP contribution in [-0.2, 0) is 4.79 Å². The Bertz CT molecular complexity index is 661. The summed E-state index contributed by atoms with van der Waals surface area (Å²) in [5.41, 5.74) is -0.00640. The number of hydrogen-bond donors (Lipinski definition) is 3. The van der Waals surface area contributed by atoms with E-state index in [1.165, 1.54) is 51.6 Å². The van der Waals surface area contributed by atoms with Crippen molar-refractivity contribution in [1.29, 1.82) is 0 Å². The van der Waals surface area contributed by atoms with Crippen molar-refractivity contribution in [2.24, 2.45) is 52.3 Å². The molecule has 0 aromatic rings. The van der Waals surface area contributed by atoms with Crippen LogP contribution in [0.5, 0.6) is 0 Å². The highest BCUT2D eigenvalue weighted by Crippen LogP contribution is 2.67. The summed E-state index contributed by atoms with van der Waals surface area (Å²) in [6, 6.07) is 0. The normalized spacial score (nSPS) is 53.3. The van der Waals surface area contributed by atoms with Gasteiger partial charge < -0.3 is 15.5 Å². The zero-order valence-corrected chi connectivity index (χ0v) is 19.1. The van der Waals surface area contributed by atoms with Crippen LogP contribution in [0.25, 0.3) is 0 Å². The van der Waals surface area contributed by atoms with Gasteiger partial charge in [-0.3, -0.25) is 4.79 Å². The number of Topliss-reactive ketones (excluding diaryl/α,β-unsaturated/α-hetero) is 1. The van der Waals surface area contributed by atoms with Crippen molar-refractivity contribution in [1.82, 2.24) is 5.32 Å². The standard InChI is InChI=1S/C26H43NO3/c1-25-10-7-16(3-4-17-9-12-27-14-17)13-21(25)18(15-28)24(30)23-19-5-6-22(29)26(19,2)11-8-20(23)25/h16-21,23-24,27-28,30H,3-15H2,1-2H3/t16-,17?,18+,19-,20-,21?,23-,24+,25+,26-/m0/s1. The van der Waals surface area contributed by atoms with Crippen molar-refractivity contribution in [3.63, 3.8) is 0 Å². The number of ketones is 1. The molecule has 0 aromatic carbocycles. The first-order chi connectivity index (χ1) is 14.4. The Hall–Kier alpha value is -0.450. The van der Waals surface area contributed by atoms with Gasteiger partial charge >= 0.3 is 0 Å². The first-order valence-electron chi connectivity index (χ1n) is 12.9. The van der Waals surface area contributed by atoms with E-state index >= 15 is 0 Å². The van der Waals surface area contributed by atoms with Crippen molar-refractivity contribution >= 4 is 5.78 Å². The lowest BCUT2D eigenvalue weighted by molar-refractivity contribution is -0.201. The molecule has 2 unspecified atom stereocenters. The van der Waals surface area contributed by atoms with Gasteiger partial charge in [0.1, 0.15) is 5.78 Å². The molecule has 1 heterocycles. The fraction of sp³-hybridized carbons (Fsp3) is 0.962. The third-order valence-corrected chi connectivity index (χ3v) is 11.1. The van der Waals surface area contributed by atoms with Crippen molar-refractivity contribution in [3.8, 4) is 0 Å². The zero-order valence-electron chi connectivity index (χ0n) is 19.1. The third kappa shape index (κ3) is 3.15. The lowest BCUT2D eigenvalue weighted by atomic mass is 9.41. The van der Waals surface area contributed by atoms with Gasteiger partial charge in [-0.1, -0.05) is 20.3 Å². The van der Waals surface area contributed by atoms with Crippen molar-refractivity contribution in [3.05, 3.63) is 0 Å². The van der Waals surface area contributed by atoms with E-state index in [4.69, 9.17) is 0 Å². The first-order valence-corrected chi connectivity index (χ1v) is 12.9. The Labute approximate surface area is 182 Å². The fourth-order valence-corrected chi connectivity index (χ4v) is 9.24. The molecule has 5 fully saturated rings. The number of carbonyl (C=O) groups is 1. The summed E-state index contributed by atoms with van der Waals surface area (Å²) in [7, 11) is 0. The smallest absolute Gasteiger partial charge is 0.139 e. The van der Waals surface area contributed by atoms with Gasteiger partial charge in [0.05, 0.1) is 6.10 Å². The van der Waals surface area contributed by atoms with E-state index in [-0.39, 0.29) is 29.3 Å². The summed E-state index contributed by atoms with van der Waals surface area (Å²) < 4.78 is 0. The SMILES string of the molecule is C[C@]12CC[C@H](CCC3CCNC3)CC1[C@@H](CO)[C@@H](O)[C@@H]1[C@@H]2CC[C@]2(C)C(=O)CC[C@@H]12. The Morgan fingerprint density at radius 3 is 2.53 bits per heavy atom. The number of nitrogens with one attached hydrogen (secondary N) is 1. The Morgan fingerprint density at radius 1 is 1.00 bits per heavy atom. The molecule has 4 saturated carbocycles. The molecule has 0 amide bonds. The van der Waals surface area contributed by atoms with Gasteiger partial charge in [-0.15, -0.1) is 0 Å². The molecule has 5 aliphatic rings. The van der Waals surface area contributed by atoms with E-state index < -0.39 is 6.10 Å². The number of rotatable bonds is 4. The van der Waals surface area contributed by atoms with Gasteiger partial charge in [0.15, 0.2) is 0 Å². The van der Waals surface area contributed by atoms with Crippen LogP contribution in [0, 0.1) is 52.3 Å². The number of aliphatic hydroxyl groups is 2. The molecule has 1 aliphatic heterocycles. The highest BCUT2D eigenvalue weighted by Gasteiger charge is 2.64. The Kier molecular flexibility index (Phi) is 5.60. The van der Waals surface area contributed by atoms with E-state index in [1.807, 2.05) is 0 Å². The largest absolute Gasteiger partial charge is 0.396 e. The second-order valence-corrected chi connectivity index (χ2v) is 12.2. The van der Waals surface area contributed by atoms with E-state index in [2.05, 4.69) is 19.2 Å². The third-order valence-electron chi connectivity index (χ3n) is 11.1. The van der Waals surface area contributed by atoms with Gasteiger partial charge in [-0.25, -0.2) is 0 Å². The molecule has 0 radical (unpaired) electrons. The topological polar surface area (TPSA) is 69.6 Å². The van der Waals surface area contributed by atoms with Crippen LogP contribution in [-0.4, -0.2) is 41.8 Å². The van der Waals surface area contributed by atoms with E-state index in [0.717, 1.165) is 31.1 Å². The molecule has 4 nitrogen and oxygen atoms in total. The predicted octanol–water partition coefficient (Wildman–Crippen LogP) is 3.79. The highest BCUT2D eigenvalue weighted by molar-refractivity contribution is 5.87. The molecule has 0 bridgehead atoms. The molecule has 4 aliphatic carbocycles. The van der Waals surface area contributed by atoms with Crippen molar-refractivity contribution in [2.75, 3.05) is 19.7 Å². The van der Waals surface area contributed by atoms with Gasteiger partial charge in [-0.2, -0.15) is 0 Å². The minimum absolute atomic E-state index is 0.00903. The van der Waals surface area contributed by atoms with Crippen LogP contribution in [0.4, 0.5) is 0 Å². The zero-order chi connectivity index (χ0) is 21.1. The maximum atomic E-state index is 12.7. The molecule has 0 spiro atoms. The van der Waals surface area contributed by atoms with Crippen LogP contribution in [0.15, 0.2) is 0 Å². The second-order valence-electron chi connectivity index (χ2n) is 12.2. The van der Waals surface area contributed by atoms with Crippen LogP contribution in [0.2, 0.25) is 0 Å². The second kappa shape index (κ2) is 7.85. The van der Waals surface area contributed by atoms with E-state index in [0.29, 0.717) is 30.0 Å². The lowest BCUT2D eigenvalue weighted by Crippen LogP contribution is -2.62. The summed E-state index contributed by atoms with van der Waals surface area (Å²) in [5.74, 6) is 3.49. The molecule has 0 aromatic heterocycles. The number of hydrogen-bond acceptors (Lipinski definition) is 4. The monoisotopic (exact) mass is 417 g/mol. The number of carbonyl (C=O) groups excluding carboxylic acids is 1. The van der Waals surface area contributed by atoms with Crippen molar-refractivity contribution < 1.29 is 15.0 Å². The molecular weight excluding hydrogens is 374 g/mol. The van der Waals surface area contributed by atoms with E-state index in [9.17, 15) is 15.0 Å². The molecule has 10 atom stereocenters. The molecule has 30 heavy (non-hydrogen) atoms. The van der Waals surface area contributed by atoms with Gasteiger partial charge in [0.25, 0.3) is 0 Å². The quantitative estimate of drug-likeness (QED) is 0.651. The predicted molar refractivity (Wildman–Crippen MR) is 118 cm³/mol. The summed E-state index contributed by atoms with van der Waals surface area (Å²) in [6.07, 6.45) is 11.0. The van der Waals surface area contributed by atoms with Gasteiger partial charge in [0.2, 0.25) is 0 Å². The van der Waals surface area contributed by atoms with Gasteiger partial charge in [-0.05, 0) is 105 Å². The molecule has 3 N–H and O–H groups in total. The van der Waals surface area contributed by atoms with Crippen LogP contribution >= 0.6 is 0 Å². The van der Waals surface area contributed by atoms with Gasteiger partial charge in [0, 0.05) is 24.4 Å².